The molecule has 9 nitrogen and oxygen atoms in total. The lowest BCUT2D eigenvalue weighted by Gasteiger charge is -2.26. The SMILES string of the molecule is COc1cccc2[nH]c(C(=O)NCC3CCC(c4nnc(-c5cnc(C)cn5)o4)CC3)cc12. The number of methoxy groups -OCH3 is 1. The maximum absolute atomic E-state index is 12.7. The summed E-state index contributed by atoms with van der Waals surface area (Å²) in [5.74, 6) is 2.37. The summed E-state index contributed by atoms with van der Waals surface area (Å²) in [6, 6.07) is 7.56. The van der Waals surface area contributed by atoms with E-state index in [1.165, 1.54) is 0 Å². The fraction of sp³-hybridized carbons (Fsp3) is 0.375. The average Bonchev–Trinajstić information content (AvgIpc) is 3.51. The van der Waals surface area contributed by atoms with E-state index in [4.69, 9.17) is 9.15 Å². The number of nitrogens with zero attached hydrogens (tertiary/aromatic N) is 4. The monoisotopic (exact) mass is 446 g/mol. The van der Waals surface area contributed by atoms with E-state index in [2.05, 4.69) is 30.5 Å². The zero-order chi connectivity index (χ0) is 22.8. The smallest absolute Gasteiger partial charge is 0.267 e. The molecule has 3 aromatic heterocycles. The predicted molar refractivity (Wildman–Crippen MR) is 122 cm³/mol. The Morgan fingerprint density at radius 3 is 2.79 bits per heavy atom. The second-order valence-corrected chi connectivity index (χ2v) is 8.52. The maximum Gasteiger partial charge on any atom is 0.267 e. The maximum atomic E-state index is 12.7. The zero-order valence-electron chi connectivity index (χ0n) is 18.7. The number of fused-ring (bicyclic) bond motifs is 1. The summed E-state index contributed by atoms with van der Waals surface area (Å²) in [5, 5.41) is 12.4. The second kappa shape index (κ2) is 9.01. The van der Waals surface area contributed by atoms with Crippen LogP contribution in [-0.2, 0) is 0 Å². The van der Waals surface area contributed by atoms with Gasteiger partial charge in [0.05, 0.1) is 19.0 Å². The molecule has 1 saturated carbocycles. The molecule has 0 aliphatic heterocycles. The summed E-state index contributed by atoms with van der Waals surface area (Å²) >= 11 is 0. The molecule has 170 valence electrons. The number of hydrogen-bond acceptors (Lipinski definition) is 7. The molecule has 5 rings (SSSR count). The van der Waals surface area contributed by atoms with E-state index < -0.39 is 0 Å². The largest absolute Gasteiger partial charge is 0.496 e. The van der Waals surface area contributed by atoms with Crippen LogP contribution in [0.1, 0.15) is 53.7 Å². The number of aryl methyl sites for hydroxylation is 1. The number of aromatic amines is 1. The summed E-state index contributed by atoms with van der Waals surface area (Å²) in [6.07, 6.45) is 7.22. The third-order valence-corrected chi connectivity index (χ3v) is 6.28. The van der Waals surface area contributed by atoms with Crippen LogP contribution in [0.3, 0.4) is 0 Å². The molecule has 0 radical (unpaired) electrons. The Morgan fingerprint density at radius 2 is 2.03 bits per heavy atom. The van der Waals surface area contributed by atoms with Crippen molar-refractivity contribution in [2.75, 3.05) is 13.7 Å². The molecule has 0 atom stereocenters. The number of carbonyl (C=O) groups excluding carboxylic acids is 1. The van der Waals surface area contributed by atoms with E-state index >= 15 is 0 Å². The average molecular weight is 447 g/mol. The van der Waals surface area contributed by atoms with E-state index in [9.17, 15) is 4.79 Å². The summed E-state index contributed by atoms with van der Waals surface area (Å²) < 4.78 is 11.3. The van der Waals surface area contributed by atoms with Crippen LogP contribution in [0.25, 0.3) is 22.5 Å². The molecule has 3 heterocycles. The minimum atomic E-state index is -0.101. The van der Waals surface area contributed by atoms with Crippen LogP contribution < -0.4 is 10.1 Å². The Labute approximate surface area is 191 Å². The molecule has 1 aliphatic carbocycles. The van der Waals surface area contributed by atoms with Gasteiger partial charge in [-0.05, 0) is 56.7 Å². The number of ether oxygens (including phenoxy) is 1. The van der Waals surface area contributed by atoms with E-state index in [1.807, 2.05) is 31.2 Å². The summed E-state index contributed by atoms with van der Waals surface area (Å²) in [5.41, 5.74) is 2.86. The highest BCUT2D eigenvalue weighted by Crippen LogP contribution is 2.35. The molecule has 1 amide bonds. The Bertz CT molecular complexity index is 1250. The summed E-state index contributed by atoms with van der Waals surface area (Å²) in [4.78, 5) is 24.4. The van der Waals surface area contributed by atoms with Gasteiger partial charge in [0.2, 0.25) is 5.89 Å². The minimum absolute atomic E-state index is 0.101. The van der Waals surface area contributed by atoms with Crippen molar-refractivity contribution in [3.63, 3.8) is 0 Å². The van der Waals surface area contributed by atoms with E-state index in [1.54, 1.807) is 19.5 Å². The van der Waals surface area contributed by atoms with Crippen molar-refractivity contribution in [2.45, 2.75) is 38.5 Å². The van der Waals surface area contributed by atoms with Crippen LogP contribution in [0.15, 0.2) is 41.1 Å². The van der Waals surface area contributed by atoms with Gasteiger partial charge < -0.3 is 19.5 Å². The number of carbonyl (C=O) groups is 1. The first-order valence-electron chi connectivity index (χ1n) is 11.2. The minimum Gasteiger partial charge on any atom is -0.496 e. The van der Waals surface area contributed by atoms with Crippen molar-refractivity contribution in [1.82, 2.24) is 30.5 Å². The van der Waals surface area contributed by atoms with Crippen LogP contribution in [0, 0.1) is 12.8 Å². The number of amides is 1. The van der Waals surface area contributed by atoms with Crippen molar-refractivity contribution in [3.05, 3.63) is 53.9 Å². The van der Waals surface area contributed by atoms with Gasteiger partial charge in [-0.15, -0.1) is 10.2 Å². The van der Waals surface area contributed by atoms with Crippen molar-refractivity contribution in [2.24, 2.45) is 5.92 Å². The van der Waals surface area contributed by atoms with Crippen molar-refractivity contribution in [1.29, 1.82) is 0 Å². The normalized spacial score (nSPS) is 18.4. The van der Waals surface area contributed by atoms with E-state index in [0.717, 1.165) is 48.0 Å². The fourth-order valence-electron chi connectivity index (χ4n) is 4.38. The molecule has 0 unspecified atom stereocenters. The Hall–Kier alpha value is -3.75. The lowest BCUT2D eigenvalue weighted by molar-refractivity contribution is 0.0938. The molecular formula is C24H26N6O3. The van der Waals surface area contributed by atoms with E-state index in [0.29, 0.717) is 35.6 Å². The number of hydrogen-bond donors (Lipinski definition) is 2. The number of benzene rings is 1. The number of nitrogens with one attached hydrogen (secondary N) is 2. The standard InChI is InChI=1S/C24H26N6O3/c1-14-11-26-20(13-25-14)24-30-29-23(33-24)16-8-6-15(7-9-16)12-27-22(31)19-10-17-18(28-19)4-3-5-21(17)32-2/h3-5,10-11,13,15-16,28H,6-9,12H2,1-2H3,(H,27,31). The van der Waals surface area contributed by atoms with Gasteiger partial charge in [0, 0.05) is 29.6 Å². The Kier molecular flexibility index (Phi) is 5.77. The lowest BCUT2D eigenvalue weighted by Crippen LogP contribution is -2.31. The highest BCUT2D eigenvalue weighted by Gasteiger charge is 2.27. The lowest BCUT2D eigenvalue weighted by atomic mass is 9.82. The van der Waals surface area contributed by atoms with Crippen LogP contribution in [0.4, 0.5) is 0 Å². The topological polar surface area (TPSA) is 119 Å². The van der Waals surface area contributed by atoms with Crippen LogP contribution in [-0.4, -0.2) is 44.7 Å². The molecule has 1 fully saturated rings. The molecule has 2 N–H and O–H groups in total. The van der Waals surface area contributed by atoms with Gasteiger partial charge in [-0.2, -0.15) is 0 Å². The molecule has 0 saturated heterocycles. The summed E-state index contributed by atoms with van der Waals surface area (Å²) in [7, 11) is 1.63. The number of H-pyrrole nitrogens is 1. The first kappa shape index (κ1) is 21.1. The molecule has 33 heavy (non-hydrogen) atoms. The van der Waals surface area contributed by atoms with Gasteiger partial charge in [-0.3, -0.25) is 9.78 Å². The summed E-state index contributed by atoms with van der Waals surface area (Å²) in [6.45, 7) is 2.53. The van der Waals surface area contributed by atoms with Gasteiger partial charge in [-0.1, -0.05) is 6.07 Å². The Morgan fingerprint density at radius 1 is 1.18 bits per heavy atom. The number of rotatable bonds is 6. The number of aromatic nitrogens is 5. The van der Waals surface area contributed by atoms with Crippen molar-refractivity contribution in [3.8, 4) is 17.3 Å². The quantitative estimate of drug-likeness (QED) is 0.459. The van der Waals surface area contributed by atoms with Gasteiger partial charge in [0.15, 0.2) is 0 Å². The second-order valence-electron chi connectivity index (χ2n) is 8.52. The van der Waals surface area contributed by atoms with Gasteiger partial charge in [0.25, 0.3) is 11.8 Å². The van der Waals surface area contributed by atoms with Crippen LogP contribution in [0.5, 0.6) is 5.75 Å². The van der Waals surface area contributed by atoms with Gasteiger partial charge in [0.1, 0.15) is 17.1 Å². The third-order valence-electron chi connectivity index (χ3n) is 6.28. The van der Waals surface area contributed by atoms with E-state index in [-0.39, 0.29) is 11.8 Å². The van der Waals surface area contributed by atoms with Gasteiger partial charge >= 0.3 is 0 Å². The first-order chi connectivity index (χ1) is 16.1. The molecule has 0 bridgehead atoms. The molecule has 0 spiro atoms. The van der Waals surface area contributed by atoms with Crippen molar-refractivity contribution < 1.29 is 13.9 Å². The third kappa shape index (κ3) is 4.44. The van der Waals surface area contributed by atoms with Crippen molar-refractivity contribution >= 4 is 16.8 Å². The predicted octanol–water partition coefficient (Wildman–Crippen LogP) is 4.03. The molecule has 1 aromatic carbocycles. The van der Waals surface area contributed by atoms with Crippen LogP contribution >= 0.6 is 0 Å². The highest BCUT2D eigenvalue weighted by atomic mass is 16.5. The van der Waals surface area contributed by atoms with Crippen LogP contribution in [0.2, 0.25) is 0 Å². The molecule has 4 aromatic rings. The Balaban J connectivity index is 1.14. The highest BCUT2D eigenvalue weighted by molar-refractivity contribution is 5.99. The zero-order valence-corrected chi connectivity index (χ0v) is 18.7. The fourth-order valence-corrected chi connectivity index (χ4v) is 4.38. The molecule has 1 aliphatic rings. The molecular weight excluding hydrogens is 420 g/mol. The van der Waals surface area contributed by atoms with Gasteiger partial charge in [-0.25, -0.2) is 4.98 Å². The molecule has 9 heteroatoms. The first-order valence-corrected chi connectivity index (χ1v) is 11.2.